The van der Waals surface area contributed by atoms with Crippen LogP contribution in [0.2, 0.25) is 0 Å². The molecule has 1 fully saturated rings. The summed E-state index contributed by atoms with van der Waals surface area (Å²) < 4.78 is 10.9. The molecule has 3 rings (SSSR count). The number of fused-ring (bicyclic) bond motifs is 1. The lowest BCUT2D eigenvalue weighted by Crippen LogP contribution is -2.59. The second kappa shape index (κ2) is 8.39. The van der Waals surface area contributed by atoms with Crippen molar-refractivity contribution in [2.24, 2.45) is 5.41 Å². The van der Waals surface area contributed by atoms with Gasteiger partial charge in [0.15, 0.2) is 12.1 Å². The maximum absolute atomic E-state index is 12.8. The Bertz CT molecular complexity index is 776. The third kappa shape index (κ3) is 3.86. The summed E-state index contributed by atoms with van der Waals surface area (Å²) in [6.07, 6.45) is -5.59. The van der Waals surface area contributed by atoms with Gasteiger partial charge in [-0.2, -0.15) is 0 Å². The molecule has 0 bridgehead atoms. The monoisotopic (exact) mass is 410 g/mol. The molecule has 2 aliphatic rings. The van der Waals surface area contributed by atoms with E-state index in [4.69, 9.17) is 9.47 Å². The summed E-state index contributed by atoms with van der Waals surface area (Å²) in [4.78, 5) is 12.8. The minimum absolute atomic E-state index is 0.0522. The van der Waals surface area contributed by atoms with E-state index in [1.54, 1.807) is 6.92 Å². The molecule has 1 heterocycles. The molecule has 0 radical (unpaired) electrons. The molecule has 8 heteroatoms. The Hall–Kier alpha value is -1.39. The molecule has 1 saturated heterocycles. The fraction of sp³-hybridized carbons (Fsp3) is 0.667. The van der Waals surface area contributed by atoms with Gasteiger partial charge in [0, 0.05) is 5.56 Å². The SMILES string of the molecule is Cc1cc2c(c(C)c1CCO[C@H]1O[C@@H](CO)[C@H](O)[C@@H](O)[C@@H]1O)C(=O)[C@](C)(CO)C2. The first-order valence-electron chi connectivity index (χ1n) is 9.84. The third-order valence-electron chi connectivity index (χ3n) is 6.20. The van der Waals surface area contributed by atoms with Crippen LogP contribution in [0.15, 0.2) is 6.07 Å². The van der Waals surface area contributed by atoms with Gasteiger partial charge in [-0.3, -0.25) is 4.79 Å². The van der Waals surface area contributed by atoms with Crippen molar-refractivity contribution in [2.45, 2.75) is 64.3 Å². The van der Waals surface area contributed by atoms with E-state index in [0.29, 0.717) is 18.4 Å². The zero-order valence-corrected chi connectivity index (χ0v) is 17.0. The van der Waals surface area contributed by atoms with Crippen LogP contribution in [0.1, 0.15) is 39.5 Å². The highest BCUT2D eigenvalue weighted by Gasteiger charge is 2.44. The predicted octanol–water partition coefficient (Wildman–Crippen LogP) is -0.600. The van der Waals surface area contributed by atoms with Crippen molar-refractivity contribution in [3.8, 4) is 0 Å². The molecule has 8 nitrogen and oxygen atoms in total. The molecular weight excluding hydrogens is 380 g/mol. The third-order valence-corrected chi connectivity index (χ3v) is 6.20. The first kappa shape index (κ1) is 22.3. The summed E-state index contributed by atoms with van der Waals surface area (Å²) in [6.45, 7) is 5.04. The molecule has 162 valence electrons. The van der Waals surface area contributed by atoms with Crippen molar-refractivity contribution in [3.63, 3.8) is 0 Å². The van der Waals surface area contributed by atoms with E-state index < -0.39 is 42.7 Å². The van der Waals surface area contributed by atoms with Crippen molar-refractivity contribution in [1.29, 1.82) is 0 Å². The number of carbonyl (C=O) groups is 1. The number of aliphatic hydroxyl groups is 5. The molecule has 6 atom stereocenters. The molecule has 0 amide bonds. The molecule has 1 aliphatic carbocycles. The van der Waals surface area contributed by atoms with Crippen LogP contribution in [0.4, 0.5) is 0 Å². The van der Waals surface area contributed by atoms with Gasteiger partial charge >= 0.3 is 0 Å². The van der Waals surface area contributed by atoms with E-state index in [9.17, 15) is 30.3 Å². The van der Waals surface area contributed by atoms with E-state index in [-0.39, 0.29) is 19.0 Å². The first-order chi connectivity index (χ1) is 13.6. The number of carbonyl (C=O) groups excluding carboxylic acids is 1. The summed E-state index contributed by atoms with van der Waals surface area (Å²) in [5.74, 6) is -0.0522. The van der Waals surface area contributed by atoms with Crippen LogP contribution in [0.3, 0.4) is 0 Å². The molecule has 0 spiro atoms. The van der Waals surface area contributed by atoms with Crippen LogP contribution in [0.5, 0.6) is 0 Å². The molecule has 1 aromatic rings. The minimum atomic E-state index is -1.48. The summed E-state index contributed by atoms with van der Waals surface area (Å²) in [7, 11) is 0. The normalized spacial score (nSPS) is 34.5. The molecule has 1 aromatic carbocycles. The number of ether oxygens (including phenoxy) is 2. The Morgan fingerprint density at radius 3 is 2.48 bits per heavy atom. The van der Waals surface area contributed by atoms with E-state index >= 15 is 0 Å². The molecule has 29 heavy (non-hydrogen) atoms. The van der Waals surface area contributed by atoms with Crippen molar-refractivity contribution < 1.29 is 39.8 Å². The number of benzene rings is 1. The van der Waals surface area contributed by atoms with Gasteiger partial charge in [0.25, 0.3) is 0 Å². The number of hydrogen-bond acceptors (Lipinski definition) is 8. The van der Waals surface area contributed by atoms with Crippen LogP contribution in [-0.4, -0.2) is 81.8 Å². The van der Waals surface area contributed by atoms with Gasteiger partial charge in [-0.05, 0) is 55.9 Å². The zero-order valence-electron chi connectivity index (χ0n) is 17.0. The van der Waals surface area contributed by atoms with Gasteiger partial charge in [0.2, 0.25) is 0 Å². The molecule has 0 aromatic heterocycles. The number of aryl methyl sites for hydroxylation is 1. The van der Waals surface area contributed by atoms with Gasteiger partial charge in [-0.25, -0.2) is 0 Å². The summed E-state index contributed by atoms with van der Waals surface area (Å²) in [5, 5.41) is 48.7. The van der Waals surface area contributed by atoms with Gasteiger partial charge in [-0.15, -0.1) is 0 Å². The average Bonchev–Trinajstić information content (AvgIpc) is 2.94. The fourth-order valence-electron chi connectivity index (χ4n) is 4.36. The standard InChI is InChI=1S/C21H30O8/c1-10-6-12-7-21(3,9-23)19(27)15(12)11(2)13(10)4-5-28-20-18(26)17(25)16(24)14(8-22)29-20/h6,14,16-18,20,22-26H,4-5,7-9H2,1-3H3/t14-,16-,17+,18-,20-,21-/m0/s1. The lowest BCUT2D eigenvalue weighted by molar-refractivity contribution is -0.300. The van der Waals surface area contributed by atoms with Gasteiger partial charge in [0.05, 0.1) is 25.2 Å². The van der Waals surface area contributed by atoms with Gasteiger partial charge in [-0.1, -0.05) is 6.07 Å². The highest BCUT2D eigenvalue weighted by Crippen LogP contribution is 2.40. The van der Waals surface area contributed by atoms with Gasteiger partial charge in [0.1, 0.15) is 24.4 Å². The summed E-state index contributed by atoms with van der Waals surface area (Å²) in [6, 6.07) is 1.98. The highest BCUT2D eigenvalue weighted by atomic mass is 16.7. The Labute approximate surface area is 169 Å². The maximum atomic E-state index is 12.8. The molecule has 5 N–H and O–H groups in total. The maximum Gasteiger partial charge on any atom is 0.186 e. The Morgan fingerprint density at radius 2 is 1.86 bits per heavy atom. The molecule has 0 unspecified atom stereocenters. The van der Waals surface area contributed by atoms with Crippen LogP contribution in [-0.2, 0) is 22.3 Å². The fourth-order valence-corrected chi connectivity index (χ4v) is 4.36. The van der Waals surface area contributed by atoms with Crippen molar-refractivity contribution in [1.82, 2.24) is 0 Å². The second-order valence-electron chi connectivity index (χ2n) is 8.37. The quantitative estimate of drug-likeness (QED) is 0.419. The van der Waals surface area contributed by atoms with Crippen molar-refractivity contribution in [3.05, 3.63) is 33.9 Å². The van der Waals surface area contributed by atoms with E-state index in [1.165, 1.54) is 0 Å². The number of hydrogen-bond donors (Lipinski definition) is 5. The first-order valence-corrected chi connectivity index (χ1v) is 9.84. The zero-order chi connectivity index (χ0) is 21.5. The number of ketones is 1. The van der Waals surface area contributed by atoms with E-state index in [2.05, 4.69) is 0 Å². The topological polar surface area (TPSA) is 137 Å². The molecule has 1 aliphatic heterocycles. The smallest absolute Gasteiger partial charge is 0.186 e. The second-order valence-corrected chi connectivity index (χ2v) is 8.37. The van der Waals surface area contributed by atoms with Crippen molar-refractivity contribution >= 4 is 5.78 Å². The molecular formula is C21H30O8. The molecule has 0 saturated carbocycles. The number of rotatable bonds is 6. The van der Waals surface area contributed by atoms with E-state index in [0.717, 1.165) is 22.3 Å². The number of aliphatic hydroxyl groups excluding tert-OH is 5. The largest absolute Gasteiger partial charge is 0.395 e. The van der Waals surface area contributed by atoms with Crippen LogP contribution >= 0.6 is 0 Å². The van der Waals surface area contributed by atoms with Crippen molar-refractivity contribution in [2.75, 3.05) is 19.8 Å². The predicted molar refractivity (Wildman–Crippen MR) is 103 cm³/mol. The minimum Gasteiger partial charge on any atom is -0.395 e. The Kier molecular flexibility index (Phi) is 6.45. The lowest BCUT2D eigenvalue weighted by atomic mass is 9.86. The summed E-state index contributed by atoms with van der Waals surface area (Å²) in [5.41, 5.74) is 3.64. The summed E-state index contributed by atoms with van der Waals surface area (Å²) >= 11 is 0. The lowest BCUT2D eigenvalue weighted by Gasteiger charge is -2.39. The Balaban J connectivity index is 1.72. The van der Waals surface area contributed by atoms with Gasteiger partial charge < -0.3 is 35.0 Å². The van der Waals surface area contributed by atoms with Crippen LogP contribution in [0, 0.1) is 19.3 Å². The van der Waals surface area contributed by atoms with Crippen LogP contribution in [0.25, 0.3) is 0 Å². The number of Topliss-reactive ketones (excluding diaryl/α,β-unsaturated/α-hetero) is 1. The Morgan fingerprint density at radius 1 is 1.17 bits per heavy atom. The van der Waals surface area contributed by atoms with E-state index in [1.807, 2.05) is 19.9 Å². The average molecular weight is 410 g/mol. The van der Waals surface area contributed by atoms with Crippen LogP contribution < -0.4 is 0 Å². The highest BCUT2D eigenvalue weighted by molar-refractivity contribution is 6.06.